The van der Waals surface area contributed by atoms with Crippen LogP contribution in [0, 0.1) is 5.92 Å². The Kier molecular flexibility index (Phi) is 3.49. The van der Waals surface area contributed by atoms with E-state index in [1.54, 1.807) is 7.11 Å². The van der Waals surface area contributed by atoms with Crippen LogP contribution in [0.5, 0.6) is 5.75 Å². The van der Waals surface area contributed by atoms with E-state index < -0.39 is 0 Å². The topological polar surface area (TPSA) is 35.2 Å². The molecular weight excluding hydrogens is 198 g/mol. The lowest BCUT2D eigenvalue weighted by atomic mass is 9.92. The molecule has 0 radical (unpaired) electrons. The lowest BCUT2D eigenvalue weighted by molar-refractivity contribution is 0.409. The monoisotopic (exact) mass is 219 g/mol. The molecule has 2 rings (SSSR count). The van der Waals surface area contributed by atoms with Crippen molar-refractivity contribution in [2.45, 2.75) is 32.1 Å². The van der Waals surface area contributed by atoms with Crippen molar-refractivity contribution in [1.82, 2.24) is 0 Å². The predicted octanol–water partition coefficient (Wildman–Crippen LogP) is 2.71. The van der Waals surface area contributed by atoms with Crippen molar-refractivity contribution in [2.75, 3.05) is 13.7 Å². The number of benzene rings is 1. The Morgan fingerprint density at radius 2 is 2.19 bits per heavy atom. The fraction of sp³-hybridized carbons (Fsp3) is 0.571. The number of rotatable bonds is 5. The van der Waals surface area contributed by atoms with Crippen molar-refractivity contribution in [3.8, 4) is 5.75 Å². The number of nitrogens with two attached hydrogens (primary N) is 1. The van der Waals surface area contributed by atoms with E-state index in [9.17, 15) is 0 Å². The summed E-state index contributed by atoms with van der Waals surface area (Å²) in [4.78, 5) is 0. The largest absolute Gasteiger partial charge is 0.496 e. The van der Waals surface area contributed by atoms with Crippen LogP contribution in [0.15, 0.2) is 18.2 Å². The van der Waals surface area contributed by atoms with Crippen molar-refractivity contribution in [2.24, 2.45) is 11.7 Å². The van der Waals surface area contributed by atoms with E-state index in [4.69, 9.17) is 10.5 Å². The summed E-state index contributed by atoms with van der Waals surface area (Å²) < 4.78 is 5.35. The molecule has 0 spiro atoms. The molecule has 0 bridgehead atoms. The summed E-state index contributed by atoms with van der Waals surface area (Å²) in [7, 11) is 1.73. The maximum absolute atomic E-state index is 5.88. The number of aryl methyl sites for hydroxylation is 1. The fourth-order valence-corrected chi connectivity index (χ4v) is 2.40. The summed E-state index contributed by atoms with van der Waals surface area (Å²) in [5.41, 5.74) is 8.56. The highest BCUT2D eigenvalue weighted by Crippen LogP contribution is 2.42. The third-order valence-corrected chi connectivity index (χ3v) is 3.56. The van der Waals surface area contributed by atoms with Gasteiger partial charge in [-0.3, -0.25) is 0 Å². The molecule has 2 heteroatoms. The summed E-state index contributed by atoms with van der Waals surface area (Å²) in [6.07, 6.45) is 3.70. The Morgan fingerprint density at radius 1 is 1.44 bits per heavy atom. The molecule has 1 saturated carbocycles. The highest BCUT2D eigenvalue weighted by molar-refractivity contribution is 5.39. The van der Waals surface area contributed by atoms with Crippen LogP contribution in [0.2, 0.25) is 0 Å². The average molecular weight is 219 g/mol. The van der Waals surface area contributed by atoms with Gasteiger partial charge in [-0.15, -0.1) is 0 Å². The van der Waals surface area contributed by atoms with Crippen LogP contribution in [0.1, 0.15) is 36.8 Å². The minimum atomic E-state index is 0.552. The first-order valence-corrected chi connectivity index (χ1v) is 6.17. The lowest BCUT2D eigenvalue weighted by Crippen LogP contribution is -2.14. The van der Waals surface area contributed by atoms with Gasteiger partial charge in [0.05, 0.1) is 7.11 Å². The van der Waals surface area contributed by atoms with Gasteiger partial charge in [-0.25, -0.2) is 0 Å². The molecule has 0 aliphatic heterocycles. The maximum atomic E-state index is 5.88. The maximum Gasteiger partial charge on any atom is 0.122 e. The van der Waals surface area contributed by atoms with Crippen LogP contribution in [0.3, 0.4) is 0 Å². The SMILES string of the molecule is CCc1cc(C(CN)C2CC2)ccc1OC. The summed E-state index contributed by atoms with van der Waals surface area (Å²) in [6, 6.07) is 6.53. The van der Waals surface area contributed by atoms with Gasteiger partial charge >= 0.3 is 0 Å². The van der Waals surface area contributed by atoms with Crippen LogP contribution in [0.4, 0.5) is 0 Å². The minimum Gasteiger partial charge on any atom is -0.496 e. The smallest absolute Gasteiger partial charge is 0.122 e. The van der Waals surface area contributed by atoms with Gasteiger partial charge in [-0.1, -0.05) is 19.1 Å². The zero-order chi connectivity index (χ0) is 11.5. The molecule has 1 fully saturated rings. The zero-order valence-electron chi connectivity index (χ0n) is 10.2. The zero-order valence-corrected chi connectivity index (χ0v) is 10.2. The van der Waals surface area contributed by atoms with Crippen LogP contribution in [0.25, 0.3) is 0 Å². The summed E-state index contributed by atoms with van der Waals surface area (Å²) in [5.74, 6) is 2.37. The molecule has 0 saturated heterocycles. The van der Waals surface area contributed by atoms with Crippen molar-refractivity contribution >= 4 is 0 Å². The third kappa shape index (κ3) is 2.22. The van der Waals surface area contributed by atoms with E-state index in [-0.39, 0.29) is 0 Å². The minimum absolute atomic E-state index is 0.552. The van der Waals surface area contributed by atoms with Gasteiger partial charge in [0.2, 0.25) is 0 Å². The van der Waals surface area contributed by atoms with E-state index >= 15 is 0 Å². The second-order valence-electron chi connectivity index (χ2n) is 4.60. The number of methoxy groups -OCH3 is 1. The standard InChI is InChI=1S/C14H21NO/c1-3-10-8-12(6-7-14(10)16-2)13(9-15)11-4-5-11/h6-8,11,13H,3-5,9,15H2,1-2H3. The molecule has 88 valence electrons. The van der Waals surface area contributed by atoms with Crippen LogP contribution in [-0.4, -0.2) is 13.7 Å². The second kappa shape index (κ2) is 4.88. The highest BCUT2D eigenvalue weighted by atomic mass is 16.5. The van der Waals surface area contributed by atoms with Crippen molar-refractivity contribution in [1.29, 1.82) is 0 Å². The molecule has 1 atom stereocenters. The molecule has 2 N–H and O–H groups in total. The van der Waals surface area contributed by atoms with Gasteiger partial charge in [0.25, 0.3) is 0 Å². The van der Waals surface area contributed by atoms with E-state index in [0.717, 1.165) is 24.6 Å². The van der Waals surface area contributed by atoms with E-state index in [1.807, 2.05) is 0 Å². The van der Waals surface area contributed by atoms with Crippen molar-refractivity contribution < 1.29 is 4.74 Å². The second-order valence-corrected chi connectivity index (χ2v) is 4.60. The fourth-order valence-electron chi connectivity index (χ4n) is 2.40. The van der Waals surface area contributed by atoms with Gasteiger partial charge < -0.3 is 10.5 Å². The highest BCUT2D eigenvalue weighted by Gasteiger charge is 2.31. The van der Waals surface area contributed by atoms with Gasteiger partial charge in [0, 0.05) is 0 Å². The van der Waals surface area contributed by atoms with Gasteiger partial charge in [-0.2, -0.15) is 0 Å². The molecular formula is C14H21NO. The number of hydrogen-bond acceptors (Lipinski definition) is 2. The average Bonchev–Trinajstić information content (AvgIpc) is 3.14. The van der Waals surface area contributed by atoms with E-state index in [1.165, 1.54) is 24.0 Å². The quantitative estimate of drug-likeness (QED) is 0.826. The van der Waals surface area contributed by atoms with Gasteiger partial charge in [0.15, 0.2) is 0 Å². The molecule has 0 heterocycles. The Morgan fingerprint density at radius 3 is 2.69 bits per heavy atom. The van der Waals surface area contributed by atoms with Crippen molar-refractivity contribution in [3.05, 3.63) is 29.3 Å². The van der Waals surface area contributed by atoms with Crippen molar-refractivity contribution in [3.63, 3.8) is 0 Å². The molecule has 1 aliphatic carbocycles. The predicted molar refractivity (Wildman–Crippen MR) is 66.9 cm³/mol. The molecule has 1 aromatic rings. The number of hydrogen-bond donors (Lipinski definition) is 1. The molecule has 0 amide bonds. The first-order chi connectivity index (χ1) is 7.80. The lowest BCUT2D eigenvalue weighted by Gasteiger charge is -2.16. The molecule has 1 unspecified atom stereocenters. The summed E-state index contributed by atoms with van der Waals surface area (Å²) in [6.45, 7) is 2.93. The Labute approximate surface area is 97.8 Å². The van der Waals surface area contributed by atoms with Gasteiger partial charge in [0.1, 0.15) is 5.75 Å². The Hall–Kier alpha value is -1.02. The molecule has 1 aromatic carbocycles. The number of ether oxygens (including phenoxy) is 1. The first-order valence-electron chi connectivity index (χ1n) is 6.17. The molecule has 2 nitrogen and oxygen atoms in total. The van der Waals surface area contributed by atoms with Crippen LogP contribution < -0.4 is 10.5 Å². The van der Waals surface area contributed by atoms with E-state index in [2.05, 4.69) is 25.1 Å². The Bertz CT molecular complexity index is 358. The molecule has 16 heavy (non-hydrogen) atoms. The molecule has 1 aliphatic rings. The normalized spacial score (nSPS) is 17.2. The summed E-state index contributed by atoms with van der Waals surface area (Å²) >= 11 is 0. The van der Waals surface area contributed by atoms with Crippen LogP contribution in [-0.2, 0) is 6.42 Å². The third-order valence-electron chi connectivity index (χ3n) is 3.56. The Balaban J connectivity index is 2.26. The van der Waals surface area contributed by atoms with Crippen LogP contribution >= 0.6 is 0 Å². The van der Waals surface area contributed by atoms with Gasteiger partial charge in [-0.05, 0) is 54.8 Å². The molecule has 0 aromatic heterocycles. The first kappa shape index (κ1) is 11.5. The summed E-state index contributed by atoms with van der Waals surface area (Å²) in [5, 5.41) is 0. The van der Waals surface area contributed by atoms with E-state index in [0.29, 0.717) is 5.92 Å².